The number of methoxy groups -OCH3 is 2. The van der Waals surface area contributed by atoms with Gasteiger partial charge in [0, 0.05) is 0 Å². The molecule has 43 heavy (non-hydrogen) atoms. The van der Waals surface area contributed by atoms with Crippen molar-refractivity contribution in [2.24, 2.45) is 0 Å². The summed E-state index contributed by atoms with van der Waals surface area (Å²) in [6.45, 7) is 0.997. The topological polar surface area (TPSA) is 207 Å². The van der Waals surface area contributed by atoms with E-state index in [4.69, 9.17) is 32.8 Å². The van der Waals surface area contributed by atoms with E-state index < -0.39 is 68.0 Å². The van der Waals surface area contributed by atoms with Gasteiger partial charge in [0.1, 0.15) is 54.7 Å². The van der Waals surface area contributed by atoms with Gasteiger partial charge in [-0.3, -0.25) is 4.79 Å². The number of fused-ring (bicyclic) bond motifs is 1. The summed E-state index contributed by atoms with van der Waals surface area (Å²) in [5.41, 5.74) is 0.462. The second-order valence-electron chi connectivity index (χ2n) is 10.3. The fourth-order valence-corrected chi connectivity index (χ4v) is 5.01. The summed E-state index contributed by atoms with van der Waals surface area (Å²) in [7, 11) is 2.89. The number of hydrogen-bond donors (Lipinski definition) is 6. The Morgan fingerprint density at radius 1 is 0.767 bits per heavy atom. The lowest BCUT2D eigenvalue weighted by atomic mass is 9.98. The van der Waals surface area contributed by atoms with E-state index in [-0.39, 0.29) is 33.5 Å². The molecule has 2 aliphatic rings. The maximum absolute atomic E-state index is 13.4. The second-order valence-corrected chi connectivity index (χ2v) is 10.3. The quantitative estimate of drug-likeness (QED) is 0.191. The Balaban J connectivity index is 1.40. The van der Waals surface area contributed by atoms with Crippen molar-refractivity contribution in [3.63, 3.8) is 0 Å². The molecule has 234 valence electrons. The first-order valence-electron chi connectivity index (χ1n) is 13.5. The third kappa shape index (κ3) is 5.93. The molecular formula is C29H34O14. The van der Waals surface area contributed by atoms with Gasteiger partial charge in [0.05, 0.1) is 37.9 Å². The largest absolute Gasteiger partial charge is 0.497 e. The van der Waals surface area contributed by atoms with E-state index in [0.29, 0.717) is 11.3 Å². The van der Waals surface area contributed by atoms with Crippen molar-refractivity contribution in [2.75, 3.05) is 20.8 Å². The molecule has 0 saturated carbocycles. The van der Waals surface area contributed by atoms with E-state index >= 15 is 0 Å². The van der Waals surface area contributed by atoms with Crippen LogP contribution in [0.5, 0.6) is 17.2 Å². The van der Waals surface area contributed by atoms with Gasteiger partial charge in [0.25, 0.3) is 0 Å². The van der Waals surface area contributed by atoms with E-state index in [0.717, 1.165) is 0 Å². The molecule has 0 bridgehead atoms. The molecule has 2 fully saturated rings. The van der Waals surface area contributed by atoms with E-state index in [1.807, 2.05) is 0 Å². The van der Waals surface area contributed by atoms with Gasteiger partial charge in [-0.25, -0.2) is 0 Å². The molecule has 0 radical (unpaired) electrons. The van der Waals surface area contributed by atoms with Crippen LogP contribution in [0, 0.1) is 0 Å². The molecule has 14 heteroatoms. The SMILES string of the molecule is COc1ccc(-c2coc3c(O[C@@H]4O[C@H](CO[C@H]5O[C@H](C)[C@@H](O)[C@H](O)[C@@H]5O)[C@@H](O)[C@H](O)[C@H]4O)c(OC)ccc3c2=O)cc1. The zero-order valence-corrected chi connectivity index (χ0v) is 23.5. The minimum absolute atomic E-state index is 0.0221. The average Bonchev–Trinajstić information content (AvgIpc) is 3.02. The third-order valence-corrected chi connectivity index (χ3v) is 7.62. The highest BCUT2D eigenvalue weighted by Gasteiger charge is 2.47. The number of aliphatic hydroxyl groups is 6. The molecule has 1 aromatic heterocycles. The van der Waals surface area contributed by atoms with Gasteiger partial charge < -0.3 is 63.5 Å². The predicted molar refractivity (Wildman–Crippen MR) is 147 cm³/mol. The summed E-state index contributed by atoms with van der Waals surface area (Å²) in [5, 5.41) is 62.1. The van der Waals surface area contributed by atoms with Crippen LogP contribution in [-0.4, -0.2) is 113 Å². The van der Waals surface area contributed by atoms with Crippen LogP contribution in [0.2, 0.25) is 0 Å². The number of ether oxygens (including phenoxy) is 6. The van der Waals surface area contributed by atoms with Crippen LogP contribution in [-0.2, 0) is 14.2 Å². The van der Waals surface area contributed by atoms with Crippen molar-refractivity contribution < 1.29 is 63.5 Å². The molecule has 2 aromatic carbocycles. The van der Waals surface area contributed by atoms with Gasteiger partial charge in [-0.05, 0) is 36.8 Å². The van der Waals surface area contributed by atoms with Crippen molar-refractivity contribution in [2.45, 2.75) is 68.3 Å². The average molecular weight is 607 g/mol. The van der Waals surface area contributed by atoms with Gasteiger partial charge >= 0.3 is 0 Å². The highest BCUT2D eigenvalue weighted by Crippen LogP contribution is 2.38. The number of rotatable bonds is 8. The Bertz CT molecular complexity index is 1460. The lowest BCUT2D eigenvalue weighted by molar-refractivity contribution is -0.318. The highest BCUT2D eigenvalue weighted by atomic mass is 16.7. The van der Waals surface area contributed by atoms with Crippen LogP contribution in [0.15, 0.2) is 51.9 Å². The maximum Gasteiger partial charge on any atom is 0.229 e. The van der Waals surface area contributed by atoms with Crippen molar-refractivity contribution in [1.82, 2.24) is 0 Å². The van der Waals surface area contributed by atoms with Crippen LogP contribution in [0.25, 0.3) is 22.1 Å². The van der Waals surface area contributed by atoms with Crippen molar-refractivity contribution >= 4 is 11.0 Å². The van der Waals surface area contributed by atoms with Crippen LogP contribution < -0.4 is 19.6 Å². The summed E-state index contributed by atoms with van der Waals surface area (Å²) < 4.78 is 38.9. The van der Waals surface area contributed by atoms with Crippen molar-refractivity contribution in [3.05, 3.63) is 52.9 Å². The van der Waals surface area contributed by atoms with Gasteiger partial charge in [-0.1, -0.05) is 12.1 Å². The molecule has 14 nitrogen and oxygen atoms in total. The first-order chi connectivity index (χ1) is 20.5. The predicted octanol–water partition coefficient (Wildman–Crippen LogP) is -0.492. The lowest BCUT2D eigenvalue weighted by Gasteiger charge is -2.42. The van der Waals surface area contributed by atoms with Crippen LogP contribution in [0.4, 0.5) is 0 Å². The first kappa shape index (κ1) is 31.1. The molecular weight excluding hydrogens is 572 g/mol. The minimum Gasteiger partial charge on any atom is -0.497 e. The second kappa shape index (κ2) is 12.7. The molecule has 0 amide bonds. The minimum atomic E-state index is -1.76. The smallest absolute Gasteiger partial charge is 0.229 e. The lowest BCUT2D eigenvalue weighted by Crippen LogP contribution is -2.61. The molecule has 5 rings (SSSR count). The summed E-state index contributed by atoms with van der Waals surface area (Å²) in [6.07, 6.45) is -13.6. The van der Waals surface area contributed by atoms with E-state index in [1.165, 1.54) is 39.5 Å². The summed E-state index contributed by atoms with van der Waals surface area (Å²) in [4.78, 5) is 13.4. The molecule has 3 heterocycles. The van der Waals surface area contributed by atoms with Gasteiger partial charge in [0.2, 0.25) is 17.5 Å². The highest BCUT2D eigenvalue weighted by molar-refractivity contribution is 5.88. The molecule has 10 atom stereocenters. The zero-order chi connectivity index (χ0) is 31.0. The van der Waals surface area contributed by atoms with Gasteiger partial charge in [0.15, 0.2) is 17.6 Å². The maximum atomic E-state index is 13.4. The Hall–Kier alpha value is -3.31. The number of hydrogen-bond acceptors (Lipinski definition) is 14. The van der Waals surface area contributed by atoms with Crippen LogP contribution >= 0.6 is 0 Å². The van der Waals surface area contributed by atoms with Gasteiger partial charge in [-0.15, -0.1) is 0 Å². The Labute approximate surface area is 245 Å². The van der Waals surface area contributed by atoms with E-state index in [1.54, 1.807) is 24.3 Å². The summed E-state index contributed by atoms with van der Waals surface area (Å²) in [5.74, 6) is 0.629. The molecule has 6 N–H and O–H groups in total. The van der Waals surface area contributed by atoms with Crippen molar-refractivity contribution in [1.29, 1.82) is 0 Å². The Morgan fingerprint density at radius 3 is 2.12 bits per heavy atom. The summed E-state index contributed by atoms with van der Waals surface area (Å²) in [6, 6.07) is 9.79. The van der Waals surface area contributed by atoms with Gasteiger partial charge in [-0.2, -0.15) is 0 Å². The monoisotopic (exact) mass is 606 g/mol. The van der Waals surface area contributed by atoms with Crippen LogP contribution in [0.3, 0.4) is 0 Å². The third-order valence-electron chi connectivity index (χ3n) is 7.62. The molecule has 2 aliphatic heterocycles. The zero-order valence-electron chi connectivity index (χ0n) is 23.5. The molecule has 0 spiro atoms. The fraction of sp³-hybridized carbons (Fsp3) is 0.483. The molecule has 0 aliphatic carbocycles. The van der Waals surface area contributed by atoms with E-state index in [9.17, 15) is 35.4 Å². The Morgan fingerprint density at radius 2 is 1.44 bits per heavy atom. The van der Waals surface area contributed by atoms with Crippen LogP contribution in [0.1, 0.15) is 6.92 Å². The molecule has 2 saturated heterocycles. The van der Waals surface area contributed by atoms with E-state index in [2.05, 4.69) is 0 Å². The molecule has 3 aromatic rings. The Kier molecular flexibility index (Phi) is 9.22. The fourth-order valence-electron chi connectivity index (χ4n) is 5.01. The standard InChI is InChI=1S/C29H34O14/c1-12-19(30)22(33)24(35)28(41-12)40-11-18-21(32)23(34)25(36)29(42-18)43-27-17(38-3)9-8-15-20(31)16(10-39-26(15)27)13-4-6-14(37-2)7-5-13/h4-10,12,18-19,21-25,28-30,32-36H,11H2,1-3H3/t12-,18-,19-,21-,22+,23+,24+,25-,28+,29+/m1/s1. The first-order valence-corrected chi connectivity index (χ1v) is 13.5. The summed E-state index contributed by atoms with van der Waals surface area (Å²) >= 11 is 0. The number of aliphatic hydroxyl groups excluding tert-OH is 6. The number of benzene rings is 2. The normalized spacial score (nSPS) is 32.9. The van der Waals surface area contributed by atoms with Crippen molar-refractivity contribution in [3.8, 4) is 28.4 Å². The molecule has 0 unspecified atom stereocenters.